The third kappa shape index (κ3) is 5.52. The van der Waals surface area contributed by atoms with Crippen molar-refractivity contribution in [3.63, 3.8) is 0 Å². The maximum atomic E-state index is 11.8. The average molecular weight is 356 g/mol. The van der Waals surface area contributed by atoms with E-state index in [1.807, 2.05) is 6.07 Å². The number of ether oxygens (including phenoxy) is 2. The third-order valence-electron chi connectivity index (χ3n) is 3.28. The lowest BCUT2D eigenvalue weighted by Crippen LogP contribution is -2.29. The van der Waals surface area contributed by atoms with Crippen LogP contribution < -0.4 is 25.3 Å². The SMILES string of the molecule is COc1cc(/C(C)=N\NC(=O)Nc2ccccc2)ccc1OCC(=O)[O-]. The van der Waals surface area contributed by atoms with Crippen molar-refractivity contribution >= 4 is 23.4 Å². The number of amides is 2. The number of benzene rings is 2. The molecule has 8 nitrogen and oxygen atoms in total. The van der Waals surface area contributed by atoms with Crippen LogP contribution in [0.3, 0.4) is 0 Å². The Hall–Kier alpha value is -3.55. The number of urea groups is 1. The van der Waals surface area contributed by atoms with Gasteiger partial charge in [-0.05, 0) is 37.3 Å². The van der Waals surface area contributed by atoms with Gasteiger partial charge in [-0.3, -0.25) is 0 Å². The van der Waals surface area contributed by atoms with Crippen LogP contribution in [0.25, 0.3) is 0 Å². The third-order valence-corrected chi connectivity index (χ3v) is 3.28. The Morgan fingerprint density at radius 2 is 1.85 bits per heavy atom. The number of hydrazone groups is 1. The first-order valence-electron chi connectivity index (χ1n) is 7.67. The van der Waals surface area contributed by atoms with Crippen LogP contribution in [-0.2, 0) is 4.79 Å². The second-order valence-electron chi connectivity index (χ2n) is 5.16. The summed E-state index contributed by atoms with van der Waals surface area (Å²) in [4.78, 5) is 22.3. The van der Waals surface area contributed by atoms with E-state index in [4.69, 9.17) is 9.47 Å². The first-order valence-corrected chi connectivity index (χ1v) is 7.67. The van der Waals surface area contributed by atoms with Crippen molar-refractivity contribution in [2.45, 2.75) is 6.92 Å². The summed E-state index contributed by atoms with van der Waals surface area (Å²) in [5.74, 6) is -0.724. The summed E-state index contributed by atoms with van der Waals surface area (Å²) in [6.45, 7) is 1.13. The van der Waals surface area contributed by atoms with Gasteiger partial charge in [0.05, 0.1) is 18.8 Å². The molecule has 0 bridgehead atoms. The Balaban J connectivity index is 2.03. The minimum Gasteiger partial charge on any atom is -0.546 e. The van der Waals surface area contributed by atoms with Crippen LogP contribution in [0.1, 0.15) is 12.5 Å². The molecular formula is C18H18N3O5-. The number of para-hydroxylation sites is 1. The van der Waals surface area contributed by atoms with Crippen molar-refractivity contribution in [3.8, 4) is 11.5 Å². The Bertz CT molecular complexity index is 806. The number of nitrogens with one attached hydrogen (secondary N) is 2. The van der Waals surface area contributed by atoms with Gasteiger partial charge in [-0.2, -0.15) is 5.10 Å². The molecule has 8 heteroatoms. The molecule has 0 aliphatic rings. The first-order chi connectivity index (χ1) is 12.5. The van der Waals surface area contributed by atoms with Crippen LogP contribution in [0.15, 0.2) is 53.6 Å². The van der Waals surface area contributed by atoms with Crippen molar-refractivity contribution in [1.29, 1.82) is 0 Å². The highest BCUT2D eigenvalue weighted by Gasteiger charge is 2.08. The second kappa shape index (κ2) is 9.07. The Morgan fingerprint density at radius 3 is 2.50 bits per heavy atom. The van der Waals surface area contributed by atoms with Gasteiger partial charge in [0.1, 0.15) is 6.61 Å². The molecule has 0 spiro atoms. The molecule has 136 valence electrons. The molecule has 0 heterocycles. The van der Waals surface area contributed by atoms with Crippen LogP contribution >= 0.6 is 0 Å². The molecule has 2 aromatic carbocycles. The van der Waals surface area contributed by atoms with Crippen LogP contribution in [-0.4, -0.2) is 31.4 Å². The molecule has 2 aromatic rings. The van der Waals surface area contributed by atoms with Crippen LogP contribution in [0, 0.1) is 0 Å². The predicted molar refractivity (Wildman–Crippen MR) is 94.3 cm³/mol. The fourth-order valence-electron chi connectivity index (χ4n) is 2.03. The van der Waals surface area contributed by atoms with Crippen LogP contribution in [0.4, 0.5) is 10.5 Å². The fourth-order valence-corrected chi connectivity index (χ4v) is 2.03. The zero-order valence-corrected chi connectivity index (χ0v) is 14.3. The van der Waals surface area contributed by atoms with Crippen molar-refractivity contribution in [1.82, 2.24) is 5.43 Å². The molecule has 26 heavy (non-hydrogen) atoms. The molecule has 0 aliphatic carbocycles. The average Bonchev–Trinajstić information content (AvgIpc) is 2.65. The molecule has 0 saturated carbocycles. The normalized spacial score (nSPS) is 10.8. The molecular weight excluding hydrogens is 338 g/mol. The minimum absolute atomic E-state index is 0.267. The number of rotatable bonds is 7. The summed E-state index contributed by atoms with van der Waals surface area (Å²) < 4.78 is 10.3. The summed E-state index contributed by atoms with van der Waals surface area (Å²) >= 11 is 0. The van der Waals surface area contributed by atoms with Gasteiger partial charge in [0, 0.05) is 11.3 Å². The summed E-state index contributed by atoms with van der Waals surface area (Å²) in [5, 5.41) is 17.2. The van der Waals surface area contributed by atoms with Crippen LogP contribution in [0.5, 0.6) is 11.5 Å². The molecule has 0 atom stereocenters. The Morgan fingerprint density at radius 1 is 1.12 bits per heavy atom. The maximum absolute atomic E-state index is 11.8. The number of carboxylic acid groups (broad SMARTS) is 1. The van der Waals surface area contributed by atoms with E-state index < -0.39 is 18.6 Å². The number of nitrogens with zero attached hydrogens (tertiary/aromatic N) is 1. The number of hydrogen-bond donors (Lipinski definition) is 2. The van der Waals surface area contributed by atoms with Crippen LogP contribution in [0.2, 0.25) is 0 Å². The van der Waals surface area contributed by atoms with E-state index in [9.17, 15) is 14.7 Å². The van der Waals surface area contributed by atoms with E-state index in [1.165, 1.54) is 7.11 Å². The highest BCUT2D eigenvalue weighted by Crippen LogP contribution is 2.28. The summed E-state index contributed by atoms with van der Waals surface area (Å²) in [6.07, 6.45) is 0. The number of carbonyl (C=O) groups excluding carboxylic acids is 2. The summed E-state index contributed by atoms with van der Waals surface area (Å²) in [6, 6.07) is 13.3. The number of methoxy groups -OCH3 is 1. The smallest absolute Gasteiger partial charge is 0.339 e. The topological polar surface area (TPSA) is 112 Å². The van der Waals surface area contributed by atoms with Gasteiger partial charge >= 0.3 is 6.03 Å². The van der Waals surface area contributed by atoms with E-state index in [0.717, 1.165) is 0 Å². The lowest BCUT2D eigenvalue weighted by molar-refractivity contribution is -0.307. The molecule has 0 aromatic heterocycles. The molecule has 0 unspecified atom stereocenters. The van der Waals surface area contributed by atoms with Crippen molar-refractivity contribution in [2.75, 3.05) is 19.0 Å². The number of carbonyl (C=O) groups is 2. The number of carboxylic acids is 1. The van der Waals surface area contributed by atoms with Crippen molar-refractivity contribution < 1.29 is 24.2 Å². The highest BCUT2D eigenvalue weighted by molar-refractivity contribution is 6.00. The zero-order valence-electron chi connectivity index (χ0n) is 14.3. The monoisotopic (exact) mass is 356 g/mol. The molecule has 0 radical (unpaired) electrons. The number of aliphatic carboxylic acids is 1. The predicted octanol–water partition coefficient (Wildman–Crippen LogP) is 1.37. The van der Waals surface area contributed by atoms with Gasteiger partial charge in [-0.1, -0.05) is 18.2 Å². The molecule has 2 N–H and O–H groups in total. The van der Waals surface area contributed by atoms with Crippen molar-refractivity contribution in [3.05, 3.63) is 54.1 Å². The van der Waals surface area contributed by atoms with Gasteiger partial charge < -0.3 is 24.7 Å². The Kier molecular flexibility index (Phi) is 6.55. The fraction of sp³-hybridized carbons (Fsp3) is 0.167. The van der Waals surface area contributed by atoms with Gasteiger partial charge in [0.15, 0.2) is 11.5 Å². The van der Waals surface area contributed by atoms with E-state index in [-0.39, 0.29) is 5.75 Å². The quantitative estimate of drug-likeness (QED) is 0.575. The van der Waals surface area contributed by atoms with E-state index in [2.05, 4.69) is 15.8 Å². The number of hydrogen-bond acceptors (Lipinski definition) is 6. The van der Waals surface area contributed by atoms with Gasteiger partial charge in [0.25, 0.3) is 0 Å². The van der Waals surface area contributed by atoms with Gasteiger partial charge in [-0.15, -0.1) is 0 Å². The largest absolute Gasteiger partial charge is 0.546 e. The minimum atomic E-state index is -1.33. The van der Waals surface area contributed by atoms with E-state index >= 15 is 0 Å². The van der Waals surface area contributed by atoms with Crippen molar-refractivity contribution in [2.24, 2.45) is 5.10 Å². The molecule has 0 aliphatic heterocycles. The second-order valence-corrected chi connectivity index (χ2v) is 5.16. The number of anilines is 1. The summed E-state index contributed by atoms with van der Waals surface area (Å²) in [7, 11) is 1.43. The van der Waals surface area contributed by atoms with E-state index in [1.54, 1.807) is 49.4 Å². The zero-order chi connectivity index (χ0) is 18.9. The highest BCUT2D eigenvalue weighted by atomic mass is 16.5. The van der Waals surface area contributed by atoms with E-state index in [0.29, 0.717) is 22.7 Å². The summed E-state index contributed by atoms with van der Waals surface area (Å²) in [5.41, 5.74) is 4.24. The first kappa shape index (κ1) is 18.8. The standard InChI is InChI=1S/C18H19N3O5/c1-12(20-21-18(24)19-14-6-4-3-5-7-14)13-8-9-15(16(10-13)25-2)26-11-17(22)23/h3-10H,11H2,1-2H3,(H,22,23)(H2,19,21,24)/p-1/b20-12-. The molecule has 2 rings (SSSR count). The maximum Gasteiger partial charge on any atom is 0.339 e. The molecule has 2 amide bonds. The van der Waals surface area contributed by atoms with Gasteiger partial charge in [0.2, 0.25) is 0 Å². The van der Waals surface area contributed by atoms with Gasteiger partial charge in [-0.25, -0.2) is 10.2 Å². The lowest BCUT2D eigenvalue weighted by atomic mass is 10.1. The molecule has 0 fully saturated rings. The lowest BCUT2D eigenvalue weighted by Gasteiger charge is -2.12. The Labute approximate surface area is 150 Å². The molecule has 0 saturated heterocycles.